The van der Waals surface area contributed by atoms with Crippen LogP contribution in [0.25, 0.3) is 0 Å². The predicted molar refractivity (Wildman–Crippen MR) is 187 cm³/mol. The monoisotopic (exact) mass is 650 g/mol. The lowest BCUT2D eigenvalue weighted by atomic mass is 10.0. The van der Waals surface area contributed by atoms with Crippen molar-refractivity contribution >= 4 is 28.6 Å². The summed E-state index contributed by atoms with van der Waals surface area (Å²) in [6.07, 6.45) is 17.3. The molecule has 0 radical (unpaired) electrons. The summed E-state index contributed by atoms with van der Waals surface area (Å²) in [6, 6.07) is 0. The average Bonchev–Trinajstić information content (AvgIpc) is 3.29. The minimum atomic E-state index is -1.99. The summed E-state index contributed by atoms with van der Waals surface area (Å²) < 4.78 is 24.2. The number of rotatable bonds is 17. The highest BCUT2D eigenvalue weighted by atomic mass is 28.4. The predicted octanol–water partition coefficient (Wildman–Crippen LogP) is 10.2. The van der Waals surface area contributed by atoms with Gasteiger partial charge in [-0.2, -0.15) is 0 Å². The average molecular weight is 651 g/mol. The Morgan fingerprint density at radius 2 is 0.841 bits per heavy atom. The minimum Gasteiger partial charge on any atom is -0.456 e. The van der Waals surface area contributed by atoms with E-state index in [0.29, 0.717) is 0 Å². The van der Waals surface area contributed by atoms with Crippen LogP contribution < -0.4 is 0 Å². The van der Waals surface area contributed by atoms with Crippen LogP contribution in [0, 0.1) is 0 Å². The summed E-state index contributed by atoms with van der Waals surface area (Å²) in [4.78, 5) is 24.9. The van der Waals surface area contributed by atoms with Gasteiger partial charge in [0.15, 0.2) is 16.6 Å². The smallest absolute Gasteiger partial charge is 0.336 e. The van der Waals surface area contributed by atoms with Gasteiger partial charge in [-0.05, 0) is 75.8 Å². The third kappa shape index (κ3) is 11.2. The quantitative estimate of drug-likeness (QED) is 0.0675. The molecule has 6 nitrogen and oxygen atoms in total. The van der Waals surface area contributed by atoms with Crippen molar-refractivity contribution in [2.45, 2.75) is 193 Å². The maximum atomic E-state index is 12.5. The number of ether oxygens (including phenoxy) is 2. The summed E-state index contributed by atoms with van der Waals surface area (Å²) in [7, 11) is -3.98. The van der Waals surface area contributed by atoms with Crippen LogP contribution in [0.3, 0.4) is 0 Å². The number of carbonyl (C=O) groups excluding carboxylic acids is 2. The van der Waals surface area contributed by atoms with Crippen molar-refractivity contribution in [3.8, 4) is 0 Å². The summed E-state index contributed by atoms with van der Waals surface area (Å²) in [5.74, 6) is -0.401. The van der Waals surface area contributed by atoms with Gasteiger partial charge in [0.05, 0.1) is 11.1 Å². The van der Waals surface area contributed by atoms with Gasteiger partial charge in [-0.1, -0.05) is 105 Å². The Bertz CT molecular complexity index is 921. The topological polar surface area (TPSA) is 71.1 Å². The van der Waals surface area contributed by atoms with E-state index in [9.17, 15) is 9.59 Å². The fourth-order valence-electron chi connectivity index (χ4n) is 5.26. The standard InChI is InChI=1S/C36H66O6Si2/c1-27-31(41-43(9,10)35(3,4)5)29(33(37)39-27)25-23-21-19-17-15-13-14-16-18-20-22-24-26-30-32(28(2)40-34(30)38)42-44(11,12)36(6,7)8/h25-28,31-32H,13-24H2,1-12H3/b29-25+,30-26+/t27-,28-,31+,32+/m0/s1. The minimum absolute atomic E-state index is 0.0944. The lowest BCUT2D eigenvalue weighted by molar-refractivity contribution is -0.139. The van der Waals surface area contributed by atoms with Crippen LogP contribution in [0.15, 0.2) is 23.3 Å². The molecule has 4 atom stereocenters. The molecule has 0 saturated carbocycles. The zero-order chi connectivity index (χ0) is 33.3. The number of carbonyl (C=O) groups is 2. The molecule has 0 aromatic carbocycles. The number of unbranched alkanes of at least 4 members (excludes halogenated alkanes) is 11. The first-order chi connectivity index (χ1) is 20.3. The second kappa shape index (κ2) is 16.6. The molecule has 0 aliphatic carbocycles. The van der Waals surface area contributed by atoms with E-state index >= 15 is 0 Å². The molecule has 8 heteroatoms. The third-order valence-electron chi connectivity index (χ3n) is 10.4. The van der Waals surface area contributed by atoms with E-state index in [1.165, 1.54) is 51.4 Å². The van der Waals surface area contributed by atoms with Gasteiger partial charge in [0, 0.05) is 0 Å². The van der Waals surface area contributed by atoms with Crippen molar-refractivity contribution in [3.63, 3.8) is 0 Å². The van der Waals surface area contributed by atoms with E-state index in [1.807, 2.05) is 13.8 Å². The number of hydrogen-bond donors (Lipinski definition) is 0. The maximum absolute atomic E-state index is 12.5. The fraction of sp³-hybridized carbons (Fsp3) is 0.833. The van der Waals surface area contributed by atoms with Crippen molar-refractivity contribution in [2.24, 2.45) is 0 Å². The molecule has 0 unspecified atom stereocenters. The van der Waals surface area contributed by atoms with Crippen molar-refractivity contribution in [1.29, 1.82) is 0 Å². The molecule has 2 aliphatic heterocycles. The van der Waals surface area contributed by atoms with Gasteiger partial charge in [0.2, 0.25) is 0 Å². The summed E-state index contributed by atoms with van der Waals surface area (Å²) in [5, 5.41) is 0.189. The van der Waals surface area contributed by atoms with Gasteiger partial charge in [-0.25, -0.2) is 9.59 Å². The van der Waals surface area contributed by atoms with Crippen molar-refractivity contribution in [2.75, 3.05) is 0 Å². The van der Waals surface area contributed by atoms with Crippen LogP contribution in [0.1, 0.15) is 132 Å². The Kier molecular flexibility index (Phi) is 14.7. The molecule has 2 aliphatic rings. The molecule has 2 heterocycles. The normalized spacial score (nSPS) is 25.3. The Hall–Kier alpha value is -1.23. The van der Waals surface area contributed by atoms with Crippen LogP contribution in [-0.4, -0.2) is 53.0 Å². The second-order valence-corrected chi connectivity index (χ2v) is 25.8. The lowest BCUT2D eigenvalue weighted by Crippen LogP contribution is -2.45. The first-order valence-corrected chi connectivity index (χ1v) is 23.3. The fourth-order valence-corrected chi connectivity index (χ4v) is 7.87. The highest BCUT2D eigenvalue weighted by molar-refractivity contribution is 6.74. The largest absolute Gasteiger partial charge is 0.456 e. The first-order valence-electron chi connectivity index (χ1n) is 17.5. The SMILES string of the molecule is C[C@@H]1OC(=O)/C(=C/CCCCCCCCCCCC/C=C2/C(=O)O[C@@H](C)[C@H]2O[Si](C)(C)C(C)(C)C)[C@@H]1O[Si](C)(C)C(C)(C)C. The van der Waals surface area contributed by atoms with Gasteiger partial charge in [0.1, 0.15) is 24.4 Å². The van der Waals surface area contributed by atoms with E-state index < -0.39 is 16.6 Å². The lowest BCUT2D eigenvalue weighted by Gasteiger charge is -2.38. The highest BCUT2D eigenvalue weighted by Crippen LogP contribution is 2.41. The molecule has 0 amide bonds. The van der Waals surface area contributed by atoms with E-state index in [1.54, 1.807) is 0 Å². The van der Waals surface area contributed by atoms with Crippen molar-refractivity contribution in [3.05, 3.63) is 23.3 Å². The van der Waals surface area contributed by atoms with Gasteiger partial charge >= 0.3 is 11.9 Å². The first kappa shape index (κ1) is 39.0. The van der Waals surface area contributed by atoms with E-state index in [4.69, 9.17) is 18.3 Å². The van der Waals surface area contributed by atoms with Crippen molar-refractivity contribution in [1.82, 2.24) is 0 Å². The van der Waals surface area contributed by atoms with Gasteiger partial charge in [0.25, 0.3) is 0 Å². The Labute approximate surface area is 272 Å². The van der Waals surface area contributed by atoms with Gasteiger partial charge in [-0.3, -0.25) is 0 Å². The zero-order valence-corrected chi connectivity index (χ0v) is 32.4. The van der Waals surface area contributed by atoms with Crippen LogP contribution >= 0.6 is 0 Å². The summed E-state index contributed by atoms with van der Waals surface area (Å²) >= 11 is 0. The zero-order valence-electron chi connectivity index (χ0n) is 30.4. The molecule has 2 rings (SSSR count). The van der Waals surface area contributed by atoms with E-state index in [-0.39, 0.29) is 46.4 Å². The Morgan fingerprint density at radius 3 is 1.11 bits per heavy atom. The molecule has 0 aromatic heterocycles. The van der Waals surface area contributed by atoms with E-state index in [0.717, 1.165) is 36.8 Å². The van der Waals surface area contributed by atoms with Crippen molar-refractivity contribution < 1.29 is 27.9 Å². The third-order valence-corrected chi connectivity index (χ3v) is 19.3. The number of esters is 2. The molecule has 44 heavy (non-hydrogen) atoms. The molecule has 0 N–H and O–H groups in total. The number of cyclic esters (lactones) is 2. The molecule has 2 fully saturated rings. The Morgan fingerprint density at radius 1 is 0.568 bits per heavy atom. The molecule has 254 valence electrons. The van der Waals surface area contributed by atoms with Crippen LogP contribution in [-0.2, 0) is 27.9 Å². The molecule has 0 bridgehead atoms. The van der Waals surface area contributed by atoms with Crippen LogP contribution in [0.2, 0.25) is 36.3 Å². The summed E-state index contributed by atoms with van der Waals surface area (Å²) in [5.41, 5.74) is 1.46. The van der Waals surface area contributed by atoms with E-state index in [2.05, 4.69) is 79.9 Å². The van der Waals surface area contributed by atoms with Crippen LogP contribution in [0.5, 0.6) is 0 Å². The Balaban J connectivity index is 1.59. The van der Waals surface area contributed by atoms with Gasteiger partial charge < -0.3 is 18.3 Å². The molecular formula is C36H66O6Si2. The van der Waals surface area contributed by atoms with Gasteiger partial charge in [-0.15, -0.1) is 0 Å². The highest BCUT2D eigenvalue weighted by Gasteiger charge is 2.47. The van der Waals surface area contributed by atoms with Crippen LogP contribution in [0.4, 0.5) is 0 Å². The molecule has 2 saturated heterocycles. The number of allylic oxidation sites excluding steroid dienone is 2. The molecular weight excluding hydrogens is 585 g/mol. The maximum Gasteiger partial charge on any atom is 0.336 e. The molecule has 0 spiro atoms. The summed E-state index contributed by atoms with van der Waals surface area (Å²) in [6.45, 7) is 26.2. The second-order valence-electron chi connectivity index (χ2n) is 16.3. The number of hydrogen-bond acceptors (Lipinski definition) is 6. The molecule has 0 aromatic rings.